The molecule has 0 saturated heterocycles. The lowest BCUT2D eigenvalue weighted by molar-refractivity contribution is 0.0953. The van der Waals surface area contributed by atoms with Crippen molar-refractivity contribution >= 4 is 16.9 Å². The van der Waals surface area contributed by atoms with E-state index in [4.69, 9.17) is 9.72 Å². The lowest BCUT2D eigenvalue weighted by Gasteiger charge is -2.11. The van der Waals surface area contributed by atoms with E-state index in [1.807, 2.05) is 30.3 Å². The Hall–Kier alpha value is -3.67. The van der Waals surface area contributed by atoms with Crippen LogP contribution in [0.4, 0.5) is 4.39 Å². The maximum atomic E-state index is 13.0. The molecule has 1 N–H and O–H groups in total. The zero-order valence-electron chi connectivity index (χ0n) is 17.3. The Kier molecular flexibility index (Phi) is 6.26. The van der Waals surface area contributed by atoms with Crippen LogP contribution in [0.3, 0.4) is 0 Å². The van der Waals surface area contributed by atoms with Crippen molar-refractivity contribution in [2.75, 3.05) is 13.7 Å². The van der Waals surface area contributed by atoms with Crippen LogP contribution in [0, 0.1) is 5.82 Å². The number of halogens is 1. The Bertz CT molecular complexity index is 1170. The molecule has 0 aliphatic heterocycles. The van der Waals surface area contributed by atoms with E-state index in [1.165, 1.54) is 24.3 Å². The molecular weight excluding hydrogens is 393 g/mol. The van der Waals surface area contributed by atoms with Gasteiger partial charge < -0.3 is 14.6 Å². The Morgan fingerprint density at radius 1 is 1.03 bits per heavy atom. The number of aryl methyl sites for hydroxylation is 1. The molecule has 5 nitrogen and oxygen atoms in total. The predicted octanol–water partition coefficient (Wildman–Crippen LogP) is 4.59. The number of hydrogen-bond donors (Lipinski definition) is 1. The second kappa shape index (κ2) is 9.43. The van der Waals surface area contributed by atoms with Crippen molar-refractivity contribution in [1.82, 2.24) is 14.9 Å². The van der Waals surface area contributed by atoms with E-state index in [-0.39, 0.29) is 11.7 Å². The normalized spacial score (nSPS) is 10.9. The molecule has 0 radical (unpaired) electrons. The number of para-hydroxylation sites is 2. The SMILES string of the molecule is COc1ccc(Cn2c(CCCNC(=O)c3ccc(F)cc3)nc3ccccc32)cc1. The molecular formula is C25H24FN3O2. The molecule has 4 aromatic rings. The third-order valence-corrected chi connectivity index (χ3v) is 5.20. The van der Waals surface area contributed by atoms with E-state index >= 15 is 0 Å². The molecule has 0 fully saturated rings. The Balaban J connectivity index is 1.43. The standard InChI is InChI=1S/C25H24FN3O2/c1-31-21-14-8-18(9-15-21)17-29-23-6-3-2-5-22(23)28-24(29)7-4-16-27-25(30)19-10-12-20(26)13-11-19/h2-3,5-6,8-15H,4,7,16-17H2,1H3,(H,27,30). The number of nitrogens with one attached hydrogen (secondary N) is 1. The number of benzene rings is 3. The highest BCUT2D eigenvalue weighted by atomic mass is 19.1. The van der Waals surface area contributed by atoms with E-state index in [0.717, 1.165) is 41.0 Å². The van der Waals surface area contributed by atoms with Gasteiger partial charge >= 0.3 is 0 Å². The van der Waals surface area contributed by atoms with Crippen LogP contribution in [-0.2, 0) is 13.0 Å². The maximum Gasteiger partial charge on any atom is 0.251 e. The van der Waals surface area contributed by atoms with Gasteiger partial charge in [0.05, 0.1) is 18.1 Å². The first-order valence-corrected chi connectivity index (χ1v) is 10.2. The molecule has 0 saturated carbocycles. The summed E-state index contributed by atoms with van der Waals surface area (Å²) in [6.07, 6.45) is 1.48. The maximum absolute atomic E-state index is 13.0. The molecule has 0 aliphatic rings. The smallest absolute Gasteiger partial charge is 0.251 e. The average molecular weight is 417 g/mol. The van der Waals surface area contributed by atoms with Gasteiger partial charge in [-0.15, -0.1) is 0 Å². The highest BCUT2D eigenvalue weighted by Gasteiger charge is 2.11. The summed E-state index contributed by atoms with van der Waals surface area (Å²) in [6, 6.07) is 21.7. The minimum absolute atomic E-state index is 0.202. The van der Waals surface area contributed by atoms with Gasteiger partial charge in [0.2, 0.25) is 0 Å². The molecule has 3 aromatic carbocycles. The molecule has 0 aliphatic carbocycles. The third-order valence-electron chi connectivity index (χ3n) is 5.20. The van der Waals surface area contributed by atoms with Crippen molar-refractivity contribution in [3.05, 3.63) is 95.6 Å². The van der Waals surface area contributed by atoms with Gasteiger partial charge in [-0.2, -0.15) is 0 Å². The topological polar surface area (TPSA) is 56.1 Å². The van der Waals surface area contributed by atoms with E-state index in [9.17, 15) is 9.18 Å². The fourth-order valence-electron chi connectivity index (χ4n) is 3.56. The largest absolute Gasteiger partial charge is 0.497 e. The number of imidazole rings is 1. The van der Waals surface area contributed by atoms with Gasteiger partial charge in [-0.1, -0.05) is 24.3 Å². The number of fused-ring (bicyclic) bond motifs is 1. The number of rotatable bonds is 8. The number of carbonyl (C=O) groups excluding carboxylic acids is 1. The van der Waals surface area contributed by atoms with Gasteiger partial charge in [-0.3, -0.25) is 4.79 Å². The van der Waals surface area contributed by atoms with Crippen molar-refractivity contribution in [2.45, 2.75) is 19.4 Å². The summed E-state index contributed by atoms with van der Waals surface area (Å²) in [5.74, 6) is 1.25. The van der Waals surface area contributed by atoms with Crippen molar-refractivity contribution in [3.8, 4) is 5.75 Å². The summed E-state index contributed by atoms with van der Waals surface area (Å²) in [5.41, 5.74) is 3.66. The van der Waals surface area contributed by atoms with Crippen LogP contribution >= 0.6 is 0 Å². The molecule has 6 heteroatoms. The molecule has 0 spiro atoms. The average Bonchev–Trinajstić information content (AvgIpc) is 3.15. The summed E-state index contributed by atoms with van der Waals surface area (Å²) >= 11 is 0. The minimum Gasteiger partial charge on any atom is -0.497 e. The number of nitrogens with zero attached hydrogens (tertiary/aromatic N) is 2. The van der Waals surface area contributed by atoms with Gasteiger partial charge in [0, 0.05) is 25.1 Å². The fraction of sp³-hybridized carbons (Fsp3) is 0.200. The van der Waals surface area contributed by atoms with E-state index in [1.54, 1.807) is 7.11 Å². The molecule has 4 rings (SSSR count). The summed E-state index contributed by atoms with van der Waals surface area (Å²) in [5, 5.41) is 2.89. The van der Waals surface area contributed by atoms with Crippen LogP contribution in [0.15, 0.2) is 72.8 Å². The molecule has 1 aromatic heterocycles. The first-order chi connectivity index (χ1) is 15.1. The van der Waals surface area contributed by atoms with Gasteiger partial charge in [0.25, 0.3) is 5.91 Å². The molecule has 1 heterocycles. The number of amides is 1. The molecule has 0 unspecified atom stereocenters. The third kappa shape index (κ3) is 4.91. The van der Waals surface area contributed by atoms with Gasteiger partial charge in [-0.05, 0) is 60.5 Å². The van der Waals surface area contributed by atoms with E-state index < -0.39 is 0 Å². The summed E-state index contributed by atoms with van der Waals surface area (Å²) < 4.78 is 20.5. The molecule has 0 bridgehead atoms. The first-order valence-electron chi connectivity index (χ1n) is 10.2. The molecule has 0 atom stereocenters. The highest BCUT2D eigenvalue weighted by Crippen LogP contribution is 2.20. The molecule has 158 valence electrons. The van der Waals surface area contributed by atoms with Crippen LogP contribution in [0.5, 0.6) is 5.75 Å². The summed E-state index contributed by atoms with van der Waals surface area (Å²) in [4.78, 5) is 17.0. The van der Waals surface area contributed by atoms with Gasteiger partial charge in [0.1, 0.15) is 17.4 Å². The van der Waals surface area contributed by atoms with E-state index in [0.29, 0.717) is 18.7 Å². The quantitative estimate of drug-likeness (QED) is 0.427. The van der Waals surface area contributed by atoms with Gasteiger partial charge in [0.15, 0.2) is 0 Å². The zero-order valence-corrected chi connectivity index (χ0v) is 17.3. The lowest BCUT2D eigenvalue weighted by Crippen LogP contribution is -2.25. The fourth-order valence-corrected chi connectivity index (χ4v) is 3.56. The van der Waals surface area contributed by atoms with Crippen LogP contribution in [0.25, 0.3) is 11.0 Å². The minimum atomic E-state index is -0.354. The monoisotopic (exact) mass is 417 g/mol. The zero-order chi connectivity index (χ0) is 21.6. The Morgan fingerprint density at radius 3 is 2.52 bits per heavy atom. The number of hydrogen-bond acceptors (Lipinski definition) is 3. The number of ether oxygens (including phenoxy) is 1. The highest BCUT2D eigenvalue weighted by molar-refractivity contribution is 5.94. The van der Waals surface area contributed by atoms with Crippen LogP contribution in [0.2, 0.25) is 0 Å². The van der Waals surface area contributed by atoms with Gasteiger partial charge in [-0.25, -0.2) is 9.37 Å². The van der Waals surface area contributed by atoms with Crippen molar-refractivity contribution < 1.29 is 13.9 Å². The second-order valence-electron chi connectivity index (χ2n) is 7.32. The second-order valence-corrected chi connectivity index (χ2v) is 7.32. The number of carbonyl (C=O) groups is 1. The Morgan fingerprint density at radius 2 is 1.77 bits per heavy atom. The predicted molar refractivity (Wildman–Crippen MR) is 119 cm³/mol. The first kappa shape index (κ1) is 20.6. The Labute approximate surface area is 180 Å². The van der Waals surface area contributed by atoms with Crippen LogP contribution in [-0.4, -0.2) is 29.1 Å². The number of methoxy groups -OCH3 is 1. The van der Waals surface area contributed by atoms with Crippen molar-refractivity contribution in [3.63, 3.8) is 0 Å². The summed E-state index contributed by atoms with van der Waals surface area (Å²) in [6.45, 7) is 1.23. The van der Waals surface area contributed by atoms with Crippen molar-refractivity contribution in [2.24, 2.45) is 0 Å². The van der Waals surface area contributed by atoms with E-state index in [2.05, 4.69) is 28.1 Å². The van der Waals surface area contributed by atoms with Crippen LogP contribution < -0.4 is 10.1 Å². The molecule has 31 heavy (non-hydrogen) atoms. The van der Waals surface area contributed by atoms with Crippen LogP contribution in [0.1, 0.15) is 28.2 Å². The number of aromatic nitrogens is 2. The summed E-state index contributed by atoms with van der Waals surface area (Å²) in [7, 11) is 1.66. The molecule has 1 amide bonds. The van der Waals surface area contributed by atoms with Crippen molar-refractivity contribution in [1.29, 1.82) is 0 Å². The lowest BCUT2D eigenvalue weighted by atomic mass is 10.2.